The highest BCUT2D eigenvalue weighted by Gasteiger charge is 2.07. The standard InChI is InChI=1S/C11H7BrClN3/c12-10-6-15-16(11(10)5-14)7-8-1-3-9(13)4-2-8/h1-4,6H,7H2. The molecule has 16 heavy (non-hydrogen) atoms. The van der Waals surface area contributed by atoms with Gasteiger partial charge in [-0.25, -0.2) is 4.68 Å². The first-order valence-electron chi connectivity index (χ1n) is 4.56. The number of nitriles is 1. The Bertz CT molecular complexity index is 539. The SMILES string of the molecule is N#Cc1c(Br)cnn1Cc1ccc(Cl)cc1. The second-order valence-corrected chi connectivity index (χ2v) is 4.53. The van der Waals surface area contributed by atoms with Crippen molar-refractivity contribution in [1.82, 2.24) is 9.78 Å². The van der Waals surface area contributed by atoms with Gasteiger partial charge in [-0.15, -0.1) is 0 Å². The van der Waals surface area contributed by atoms with E-state index >= 15 is 0 Å². The Morgan fingerprint density at radius 2 is 2.06 bits per heavy atom. The molecule has 0 saturated heterocycles. The van der Waals surface area contributed by atoms with Gasteiger partial charge < -0.3 is 0 Å². The van der Waals surface area contributed by atoms with E-state index in [2.05, 4.69) is 27.1 Å². The van der Waals surface area contributed by atoms with Crippen LogP contribution in [0.1, 0.15) is 11.3 Å². The molecule has 0 spiro atoms. The van der Waals surface area contributed by atoms with E-state index in [-0.39, 0.29) is 0 Å². The Labute approximate surface area is 106 Å². The zero-order chi connectivity index (χ0) is 11.5. The summed E-state index contributed by atoms with van der Waals surface area (Å²) < 4.78 is 2.36. The third-order valence-electron chi connectivity index (χ3n) is 2.15. The van der Waals surface area contributed by atoms with Gasteiger partial charge in [-0.1, -0.05) is 23.7 Å². The summed E-state index contributed by atoms with van der Waals surface area (Å²) in [7, 11) is 0. The minimum Gasteiger partial charge on any atom is -0.249 e. The molecule has 0 bridgehead atoms. The second-order valence-electron chi connectivity index (χ2n) is 3.24. The largest absolute Gasteiger partial charge is 0.249 e. The lowest BCUT2D eigenvalue weighted by molar-refractivity contribution is 0.677. The van der Waals surface area contributed by atoms with Gasteiger partial charge in [0.05, 0.1) is 17.2 Å². The lowest BCUT2D eigenvalue weighted by atomic mass is 10.2. The van der Waals surface area contributed by atoms with Crippen LogP contribution in [0.2, 0.25) is 5.02 Å². The van der Waals surface area contributed by atoms with E-state index in [9.17, 15) is 0 Å². The van der Waals surface area contributed by atoms with Crippen molar-refractivity contribution >= 4 is 27.5 Å². The average molecular weight is 297 g/mol. The molecule has 1 aromatic carbocycles. The van der Waals surface area contributed by atoms with Crippen molar-refractivity contribution in [3.8, 4) is 6.07 Å². The molecular formula is C11H7BrClN3. The first-order valence-corrected chi connectivity index (χ1v) is 5.73. The molecule has 80 valence electrons. The molecule has 0 amide bonds. The molecule has 3 nitrogen and oxygen atoms in total. The maximum absolute atomic E-state index is 8.95. The van der Waals surface area contributed by atoms with Gasteiger partial charge in [0.2, 0.25) is 0 Å². The first-order chi connectivity index (χ1) is 7.70. The molecule has 0 saturated carbocycles. The highest BCUT2D eigenvalue weighted by Crippen LogP contribution is 2.16. The first kappa shape index (κ1) is 11.2. The molecule has 0 unspecified atom stereocenters. The monoisotopic (exact) mass is 295 g/mol. The molecule has 0 atom stereocenters. The number of benzene rings is 1. The van der Waals surface area contributed by atoms with E-state index in [1.165, 1.54) is 0 Å². The molecule has 1 heterocycles. The predicted molar refractivity (Wildman–Crippen MR) is 65.2 cm³/mol. The Balaban J connectivity index is 2.27. The van der Waals surface area contributed by atoms with Crippen LogP contribution in [0.4, 0.5) is 0 Å². The van der Waals surface area contributed by atoms with Crippen molar-refractivity contribution in [1.29, 1.82) is 5.26 Å². The minimum absolute atomic E-state index is 0.523. The van der Waals surface area contributed by atoms with E-state index in [1.54, 1.807) is 10.9 Å². The summed E-state index contributed by atoms with van der Waals surface area (Å²) in [6.45, 7) is 0.561. The van der Waals surface area contributed by atoms with Crippen LogP contribution in [-0.4, -0.2) is 9.78 Å². The number of aromatic nitrogens is 2. The molecule has 2 rings (SSSR count). The molecule has 5 heteroatoms. The van der Waals surface area contributed by atoms with Crippen molar-refractivity contribution in [2.45, 2.75) is 6.54 Å². The van der Waals surface area contributed by atoms with E-state index in [1.807, 2.05) is 24.3 Å². The quantitative estimate of drug-likeness (QED) is 0.854. The molecule has 0 radical (unpaired) electrons. The Morgan fingerprint density at radius 3 is 2.69 bits per heavy atom. The van der Waals surface area contributed by atoms with Crippen LogP contribution in [0.15, 0.2) is 34.9 Å². The molecule has 1 aromatic heterocycles. The highest BCUT2D eigenvalue weighted by molar-refractivity contribution is 9.10. The molecule has 2 aromatic rings. The number of rotatable bonds is 2. The molecule has 0 aliphatic carbocycles. The lowest BCUT2D eigenvalue weighted by Crippen LogP contribution is -2.03. The second kappa shape index (κ2) is 4.69. The van der Waals surface area contributed by atoms with Crippen LogP contribution < -0.4 is 0 Å². The molecule has 0 aliphatic rings. The van der Waals surface area contributed by atoms with Crippen molar-refractivity contribution in [2.24, 2.45) is 0 Å². The van der Waals surface area contributed by atoms with Crippen molar-refractivity contribution in [2.75, 3.05) is 0 Å². The summed E-state index contributed by atoms with van der Waals surface area (Å²) in [6, 6.07) is 9.58. The van der Waals surface area contributed by atoms with Crippen LogP contribution in [-0.2, 0) is 6.54 Å². The minimum atomic E-state index is 0.523. The third-order valence-corrected chi connectivity index (χ3v) is 2.98. The van der Waals surface area contributed by atoms with Crippen molar-refractivity contribution in [3.63, 3.8) is 0 Å². The summed E-state index contributed by atoms with van der Waals surface area (Å²) in [5.74, 6) is 0. The van der Waals surface area contributed by atoms with E-state index < -0.39 is 0 Å². The maximum atomic E-state index is 8.95. The topological polar surface area (TPSA) is 41.6 Å². The van der Waals surface area contributed by atoms with Gasteiger partial charge in [0.1, 0.15) is 6.07 Å². The lowest BCUT2D eigenvalue weighted by Gasteiger charge is -2.03. The zero-order valence-corrected chi connectivity index (χ0v) is 10.5. The molecular weight excluding hydrogens is 289 g/mol. The maximum Gasteiger partial charge on any atom is 0.153 e. The molecule has 0 aliphatic heterocycles. The van der Waals surface area contributed by atoms with Crippen LogP contribution >= 0.6 is 27.5 Å². The van der Waals surface area contributed by atoms with Gasteiger partial charge in [-0.3, -0.25) is 0 Å². The van der Waals surface area contributed by atoms with Gasteiger partial charge in [0, 0.05) is 5.02 Å². The smallest absolute Gasteiger partial charge is 0.153 e. The average Bonchev–Trinajstić information content (AvgIpc) is 2.63. The normalized spacial score (nSPS) is 10.1. The number of nitrogens with zero attached hydrogens (tertiary/aromatic N) is 3. The van der Waals surface area contributed by atoms with E-state index in [0.29, 0.717) is 21.7 Å². The summed E-state index contributed by atoms with van der Waals surface area (Å²) in [6.07, 6.45) is 1.62. The van der Waals surface area contributed by atoms with Crippen LogP contribution in [0, 0.1) is 11.3 Å². The highest BCUT2D eigenvalue weighted by atomic mass is 79.9. The fourth-order valence-electron chi connectivity index (χ4n) is 1.36. The van der Waals surface area contributed by atoms with Gasteiger partial charge in [-0.05, 0) is 33.6 Å². The Kier molecular flexibility index (Phi) is 3.28. The van der Waals surface area contributed by atoms with Crippen LogP contribution in [0.25, 0.3) is 0 Å². The Hall–Kier alpha value is -1.31. The summed E-state index contributed by atoms with van der Waals surface area (Å²) in [5, 5.41) is 13.8. The van der Waals surface area contributed by atoms with E-state index in [0.717, 1.165) is 5.56 Å². The van der Waals surface area contributed by atoms with Crippen molar-refractivity contribution in [3.05, 3.63) is 51.2 Å². The van der Waals surface area contributed by atoms with Gasteiger partial charge >= 0.3 is 0 Å². The van der Waals surface area contributed by atoms with Gasteiger partial charge in [0.15, 0.2) is 5.69 Å². The molecule has 0 N–H and O–H groups in total. The Morgan fingerprint density at radius 1 is 1.38 bits per heavy atom. The summed E-state index contributed by atoms with van der Waals surface area (Å²) in [5.41, 5.74) is 1.58. The van der Waals surface area contributed by atoms with Crippen molar-refractivity contribution < 1.29 is 0 Å². The zero-order valence-electron chi connectivity index (χ0n) is 8.19. The van der Waals surface area contributed by atoms with Crippen LogP contribution in [0.3, 0.4) is 0 Å². The van der Waals surface area contributed by atoms with Crippen LogP contribution in [0.5, 0.6) is 0 Å². The van der Waals surface area contributed by atoms with Gasteiger partial charge in [0.25, 0.3) is 0 Å². The predicted octanol–water partition coefficient (Wildman–Crippen LogP) is 3.22. The fourth-order valence-corrected chi connectivity index (χ4v) is 1.87. The summed E-state index contributed by atoms with van der Waals surface area (Å²) in [4.78, 5) is 0. The summed E-state index contributed by atoms with van der Waals surface area (Å²) >= 11 is 9.07. The molecule has 0 fully saturated rings. The number of halogens is 2. The fraction of sp³-hybridized carbons (Fsp3) is 0.0909. The number of hydrogen-bond acceptors (Lipinski definition) is 2. The third kappa shape index (κ3) is 2.26. The number of hydrogen-bond donors (Lipinski definition) is 0. The van der Waals surface area contributed by atoms with Gasteiger partial charge in [-0.2, -0.15) is 10.4 Å². The van der Waals surface area contributed by atoms with E-state index in [4.69, 9.17) is 16.9 Å².